The number of aliphatic carboxylic acids is 3. The minimum absolute atomic E-state index is 0.0672. The Labute approximate surface area is 505 Å². The summed E-state index contributed by atoms with van der Waals surface area (Å²) in [5, 5.41) is 79.3. The molecule has 1 fully saturated rings. The highest BCUT2D eigenvalue weighted by Gasteiger charge is 2.39. The molecule has 86 heavy (non-hydrogen) atoms. The normalized spacial score (nSPS) is 16.0. The van der Waals surface area contributed by atoms with Gasteiger partial charge in [-0.3, -0.25) is 57.5 Å². The number of likely N-dealkylation sites (tertiary alicyclic amines) is 1. The van der Waals surface area contributed by atoms with Crippen molar-refractivity contribution in [3.8, 4) is 11.5 Å². The van der Waals surface area contributed by atoms with Crippen LogP contribution in [0.4, 0.5) is 0 Å². The van der Waals surface area contributed by atoms with Crippen LogP contribution in [0, 0.1) is 11.8 Å². The smallest absolute Gasteiger partial charge is 0.326 e. The number of amides is 10. The molecule has 32 heteroatoms. The van der Waals surface area contributed by atoms with Crippen LogP contribution in [0.5, 0.6) is 11.5 Å². The quantitative estimate of drug-likeness (QED) is 0.0294. The first-order valence-corrected chi connectivity index (χ1v) is 28.5. The molecule has 3 rings (SSSR count). The highest BCUT2D eigenvalue weighted by atomic mass is 32.1. The number of aliphatic hydroxyl groups is 1. The Morgan fingerprint density at radius 3 is 1.42 bits per heavy atom. The number of hydrogen-bond acceptors (Lipinski definition) is 19. The van der Waals surface area contributed by atoms with E-state index in [1.807, 2.05) is 13.8 Å². The molecule has 1 saturated heterocycles. The van der Waals surface area contributed by atoms with Crippen molar-refractivity contribution < 1.29 is 93.0 Å². The largest absolute Gasteiger partial charge is 0.508 e. The second-order valence-electron chi connectivity index (χ2n) is 21.1. The number of hydrogen-bond donors (Lipinski definition) is 18. The van der Waals surface area contributed by atoms with E-state index in [0.29, 0.717) is 24.0 Å². The third-order valence-corrected chi connectivity index (χ3v) is 13.9. The first-order chi connectivity index (χ1) is 40.5. The monoisotopic (exact) mass is 1250 g/mol. The first kappa shape index (κ1) is 72.0. The van der Waals surface area contributed by atoms with Gasteiger partial charge in [0.15, 0.2) is 0 Å². The number of benzene rings is 2. The number of nitrogens with two attached hydrogens (primary N) is 1. The van der Waals surface area contributed by atoms with Crippen molar-refractivity contribution in [2.24, 2.45) is 17.6 Å². The van der Waals surface area contributed by atoms with Crippen LogP contribution in [-0.2, 0) is 75.2 Å². The third kappa shape index (κ3) is 24.0. The highest BCUT2D eigenvalue weighted by Crippen LogP contribution is 2.21. The van der Waals surface area contributed by atoms with E-state index in [-0.39, 0.29) is 61.3 Å². The van der Waals surface area contributed by atoms with E-state index in [0.717, 1.165) is 0 Å². The van der Waals surface area contributed by atoms with E-state index in [1.165, 1.54) is 53.4 Å². The molecule has 0 unspecified atom stereocenters. The summed E-state index contributed by atoms with van der Waals surface area (Å²) in [6.07, 6.45) is -1.76. The predicted octanol–water partition coefficient (Wildman–Crippen LogP) is -3.83. The average Bonchev–Trinajstić information content (AvgIpc) is 3.32. The molecule has 474 valence electrons. The molecule has 10 amide bonds. The number of phenols is 2. The summed E-state index contributed by atoms with van der Waals surface area (Å²) in [5.41, 5.74) is 6.78. The molecular weight excluding hydrogens is 1170 g/mol. The van der Waals surface area contributed by atoms with Gasteiger partial charge in [-0.05, 0) is 72.9 Å². The summed E-state index contributed by atoms with van der Waals surface area (Å²) in [6.45, 7) is 5.34. The third-order valence-electron chi connectivity index (χ3n) is 13.1. The number of phenolic OH excluding ortho intramolecular Hbond substituents is 2. The Morgan fingerprint density at radius 1 is 0.535 bits per heavy atom. The number of carbonyl (C=O) groups is 13. The van der Waals surface area contributed by atoms with Gasteiger partial charge in [0, 0.05) is 30.9 Å². The standard InChI is InChI=1S/C54H77N11O19S2/c1-26(2)16-32(55)53(82)65-15-5-6-41(65)52(81)64-40(25-86)51(80)61-36(20-43(70)71)48(77)60-35(19-29-9-13-31(68)14-10-29)47(76)59-34(18-28-7-11-30(67)12-8-28)45(74)56-22-42(69)57-38(23-66)49(78)63-39(24-85)50(79)58-33(17-27(3)4)46(75)62-37(54(83)84)21-44(72)73/h7-14,26-27,32-41,66-68,85-86H,5-6,15-25,55H2,1-4H3,(H,56,74)(H,57,69)(H,58,79)(H,59,76)(H,60,77)(H,61,80)(H,62,75)(H,63,78)(H,64,81)(H,70,71)(H,72,73)(H,83,84)/t32-,33-,34-,35-,36-,37-,38-,39-,40-,41-/m0/s1. The fraction of sp³-hybridized carbons (Fsp3) is 0.537. The number of nitrogens with one attached hydrogen (secondary N) is 9. The molecule has 30 nitrogen and oxygen atoms in total. The molecule has 0 bridgehead atoms. The maximum Gasteiger partial charge on any atom is 0.326 e. The van der Waals surface area contributed by atoms with Crippen LogP contribution in [0.25, 0.3) is 0 Å². The molecule has 0 radical (unpaired) electrons. The zero-order valence-corrected chi connectivity index (χ0v) is 49.4. The lowest BCUT2D eigenvalue weighted by atomic mass is 10.0. The van der Waals surface area contributed by atoms with Gasteiger partial charge in [-0.1, -0.05) is 52.0 Å². The molecule has 0 spiro atoms. The topological polar surface area (TPSA) is 481 Å². The summed E-state index contributed by atoms with van der Waals surface area (Å²) in [7, 11) is 0. The lowest BCUT2D eigenvalue weighted by Gasteiger charge is -2.29. The highest BCUT2D eigenvalue weighted by molar-refractivity contribution is 7.80. The van der Waals surface area contributed by atoms with Gasteiger partial charge in [-0.2, -0.15) is 25.3 Å². The fourth-order valence-electron chi connectivity index (χ4n) is 8.76. The van der Waals surface area contributed by atoms with Crippen LogP contribution in [0.15, 0.2) is 48.5 Å². The number of rotatable bonds is 35. The van der Waals surface area contributed by atoms with E-state index >= 15 is 0 Å². The molecule has 0 saturated carbocycles. The van der Waals surface area contributed by atoms with Crippen molar-refractivity contribution in [1.29, 1.82) is 0 Å². The summed E-state index contributed by atoms with van der Waals surface area (Å²) in [5.74, 6) is -16.0. The maximum atomic E-state index is 14.4. The predicted molar refractivity (Wildman–Crippen MR) is 311 cm³/mol. The van der Waals surface area contributed by atoms with Crippen LogP contribution < -0.4 is 53.6 Å². The van der Waals surface area contributed by atoms with E-state index in [2.05, 4.69) is 73.1 Å². The summed E-state index contributed by atoms with van der Waals surface area (Å²) >= 11 is 8.28. The van der Waals surface area contributed by atoms with Gasteiger partial charge < -0.3 is 89.1 Å². The SMILES string of the molecule is CC(C)C[C@H](NC(=O)[C@H](CS)NC(=O)[C@H](CO)NC(=O)CNC(=O)[C@H](Cc1ccc(O)cc1)NC(=O)[C@H](Cc1ccc(O)cc1)NC(=O)[C@H](CC(=O)O)NC(=O)[C@H](CS)NC(=O)[C@@H]1CCCN1C(=O)[C@@H](N)CC(C)C)C(=O)N[C@@H](CC(=O)O)C(=O)O. The summed E-state index contributed by atoms with van der Waals surface area (Å²) in [6, 6.07) is -4.53. The van der Waals surface area contributed by atoms with Gasteiger partial charge in [0.25, 0.3) is 0 Å². The van der Waals surface area contributed by atoms with Gasteiger partial charge >= 0.3 is 17.9 Å². The molecule has 10 atom stereocenters. The zero-order valence-electron chi connectivity index (χ0n) is 47.6. The second-order valence-corrected chi connectivity index (χ2v) is 21.9. The number of nitrogens with zero attached hydrogens (tertiary/aromatic N) is 1. The van der Waals surface area contributed by atoms with Crippen molar-refractivity contribution in [2.45, 2.75) is 139 Å². The Bertz CT molecular complexity index is 2740. The van der Waals surface area contributed by atoms with Gasteiger partial charge in [0.2, 0.25) is 59.1 Å². The number of carboxylic acid groups (broad SMARTS) is 3. The lowest BCUT2D eigenvalue weighted by Crippen LogP contribution is -2.60. The fourth-order valence-corrected chi connectivity index (χ4v) is 9.27. The van der Waals surface area contributed by atoms with Crippen LogP contribution in [-0.4, -0.2) is 204 Å². The number of carboxylic acids is 3. The van der Waals surface area contributed by atoms with Gasteiger partial charge in [-0.15, -0.1) is 0 Å². The number of thiol groups is 2. The molecule has 1 aliphatic heterocycles. The van der Waals surface area contributed by atoms with E-state index in [4.69, 9.17) is 10.8 Å². The molecule has 0 aliphatic carbocycles. The lowest BCUT2D eigenvalue weighted by molar-refractivity contribution is -0.147. The Morgan fingerprint density at radius 2 is 0.942 bits per heavy atom. The Kier molecular flexibility index (Phi) is 29.5. The van der Waals surface area contributed by atoms with E-state index < -0.39 is 169 Å². The average molecular weight is 1250 g/mol. The van der Waals surface area contributed by atoms with Crippen LogP contribution in [0.2, 0.25) is 0 Å². The molecule has 17 N–H and O–H groups in total. The minimum Gasteiger partial charge on any atom is -0.508 e. The molecule has 1 aliphatic rings. The zero-order chi connectivity index (χ0) is 64.5. The molecule has 1 heterocycles. The van der Waals surface area contributed by atoms with Crippen molar-refractivity contribution in [2.75, 3.05) is 31.2 Å². The van der Waals surface area contributed by atoms with Crippen LogP contribution in [0.3, 0.4) is 0 Å². The van der Waals surface area contributed by atoms with Crippen LogP contribution in [0.1, 0.15) is 77.3 Å². The number of aliphatic hydroxyl groups excluding tert-OH is 1. The van der Waals surface area contributed by atoms with E-state index in [1.54, 1.807) is 13.8 Å². The van der Waals surface area contributed by atoms with Gasteiger partial charge in [0.05, 0.1) is 32.0 Å². The second kappa shape index (κ2) is 35.3. The van der Waals surface area contributed by atoms with Crippen molar-refractivity contribution >= 4 is 102 Å². The van der Waals surface area contributed by atoms with Gasteiger partial charge in [-0.25, -0.2) is 4.79 Å². The Balaban J connectivity index is 1.82. The van der Waals surface area contributed by atoms with Crippen molar-refractivity contribution in [1.82, 2.24) is 52.8 Å². The molecule has 0 aromatic heterocycles. The summed E-state index contributed by atoms with van der Waals surface area (Å²) < 4.78 is 0. The molecular formula is C54H77N11O19S2. The van der Waals surface area contributed by atoms with Crippen molar-refractivity contribution in [3.63, 3.8) is 0 Å². The number of carbonyl (C=O) groups excluding carboxylic acids is 10. The van der Waals surface area contributed by atoms with Crippen LogP contribution >= 0.6 is 25.3 Å². The molecule has 2 aromatic rings. The van der Waals surface area contributed by atoms with E-state index in [9.17, 15) is 87.9 Å². The minimum atomic E-state index is -1.91. The summed E-state index contributed by atoms with van der Waals surface area (Å²) in [4.78, 5) is 172. The first-order valence-electron chi connectivity index (χ1n) is 27.3. The maximum absolute atomic E-state index is 14.4. The van der Waals surface area contributed by atoms with Crippen molar-refractivity contribution in [3.05, 3.63) is 59.7 Å². The Hall–Kier alpha value is -8.23. The molecule has 2 aromatic carbocycles. The van der Waals surface area contributed by atoms with Gasteiger partial charge in [0.1, 0.15) is 65.9 Å². The number of aromatic hydroxyl groups is 2.